The second-order valence-corrected chi connectivity index (χ2v) is 13.0. The second-order valence-electron chi connectivity index (χ2n) is 11.9. The molecule has 0 fully saturated rings. The molecule has 0 spiro atoms. The number of primary amides is 1. The van der Waals surface area contributed by atoms with Crippen LogP contribution in [0.2, 0.25) is 0 Å². The highest BCUT2D eigenvalue weighted by molar-refractivity contribution is 7.99. The molecule has 0 unspecified atom stereocenters. The van der Waals surface area contributed by atoms with Gasteiger partial charge in [-0.3, -0.25) is 14.4 Å². The van der Waals surface area contributed by atoms with Gasteiger partial charge in [0.2, 0.25) is 11.8 Å². The van der Waals surface area contributed by atoms with Crippen molar-refractivity contribution in [3.63, 3.8) is 0 Å². The zero-order valence-corrected chi connectivity index (χ0v) is 27.7. The van der Waals surface area contributed by atoms with Gasteiger partial charge in [-0.25, -0.2) is 4.68 Å². The molecule has 4 rings (SSSR count). The van der Waals surface area contributed by atoms with E-state index in [1.165, 1.54) is 4.68 Å². The third-order valence-corrected chi connectivity index (χ3v) is 8.86. The van der Waals surface area contributed by atoms with E-state index in [9.17, 15) is 19.5 Å². The van der Waals surface area contributed by atoms with Gasteiger partial charge in [-0.05, 0) is 54.0 Å². The average molecular weight is 645 g/mol. The van der Waals surface area contributed by atoms with Crippen molar-refractivity contribution in [2.45, 2.75) is 70.0 Å². The van der Waals surface area contributed by atoms with Gasteiger partial charge in [0.15, 0.2) is 0 Å². The number of nitrogens with one attached hydrogen (secondary N) is 1. The van der Waals surface area contributed by atoms with Crippen LogP contribution in [0, 0.1) is 17.8 Å². The van der Waals surface area contributed by atoms with Crippen LogP contribution in [-0.4, -0.2) is 56.2 Å². The first-order valence-corrected chi connectivity index (χ1v) is 16.7. The number of benzene rings is 2. The van der Waals surface area contributed by atoms with Gasteiger partial charge < -0.3 is 26.5 Å². The van der Waals surface area contributed by atoms with E-state index < -0.39 is 11.9 Å². The van der Waals surface area contributed by atoms with Crippen molar-refractivity contribution in [3.05, 3.63) is 69.8 Å². The largest absolute Gasteiger partial charge is 0.396 e. The molecule has 0 saturated carbocycles. The Morgan fingerprint density at radius 1 is 1.11 bits per heavy atom. The zero-order valence-electron chi connectivity index (χ0n) is 26.8. The van der Waals surface area contributed by atoms with Gasteiger partial charge >= 0.3 is 0 Å². The third kappa shape index (κ3) is 8.78. The van der Waals surface area contributed by atoms with Crippen LogP contribution in [0.1, 0.15) is 62.8 Å². The summed E-state index contributed by atoms with van der Waals surface area (Å²) in [6.45, 7) is 5.40. The predicted molar refractivity (Wildman–Crippen MR) is 185 cm³/mol. The highest BCUT2D eigenvalue weighted by atomic mass is 32.2. The van der Waals surface area contributed by atoms with Gasteiger partial charge in [0.25, 0.3) is 5.56 Å². The van der Waals surface area contributed by atoms with Gasteiger partial charge in [0, 0.05) is 62.5 Å². The Morgan fingerprint density at radius 3 is 2.59 bits per heavy atom. The summed E-state index contributed by atoms with van der Waals surface area (Å²) in [4.78, 5) is 36.4. The van der Waals surface area contributed by atoms with Crippen LogP contribution in [0.5, 0.6) is 0 Å². The molecule has 2 aromatic heterocycles. The lowest BCUT2D eigenvalue weighted by molar-refractivity contribution is -0.122. The van der Waals surface area contributed by atoms with Gasteiger partial charge in [-0.15, -0.1) is 11.8 Å². The number of fused-ring (bicyclic) bond motifs is 2. The quantitative estimate of drug-likeness (QED) is 0.0877. The minimum Gasteiger partial charge on any atom is -0.396 e. The van der Waals surface area contributed by atoms with Crippen LogP contribution in [-0.2, 0) is 29.6 Å². The molecule has 244 valence electrons. The maximum atomic E-state index is 13.4. The minimum atomic E-state index is -0.757. The van der Waals surface area contributed by atoms with Crippen LogP contribution in [0.25, 0.3) is 21.5 Å². The number of amides is 2. The van der Waals surface area contributed by atoms with Crippen LogP contribution in [0.4, 0.5) is 0 Å². The summed E-state index contributed by atoms with van der Waals surface area (Å²) in [7, 11) is 1.71. The van der Waals surface area contributed by atoms with Crippen molar-refractivity contribution in [1.29, 1.82) is 0 Å². The summed E-state index contributed by atoms with van der Waals surface area (Å²) < 4.78 is 3.60. The van der Waals surface area contributed by atoms with E-state index in [1.54, 1.807) is 18.8 Å². The fourth-order valence-electron chi connectivity index (χ4n) is 5.35. The van der Waals surface area contributed by atoms with Crippen molar-refractivity contribution in [3.8, 4) is 11.8 Å². The van der Waals surface area contributed by atoms with Crippen molar-refractivity contribution in [2.75, 3.05) is 18.9 Å². The number of thioether (sulfide) groups is 1. The van der Waals surface area contributed by atoms with Crippen molar-refractivity contribution >= 4 is 45.1 Å². The summed E-state index contributed by atoms with van der Waals surface area (Å²) in [5, 5.41) is 21.5. The lowest BCUT2D eigenvalue weighted by atomic mass is 9.99. The molecule has 0 aliphatic rings. The minimum absolute atomic E-state index is 0.0798. The Labute approximate surface area is 273 Å². The highest BCUT2D eigenvalue weighted by Crippen LogP contribution is 2.32. The average Bonchev–Trinajstić information content (AvgIpc) is 3.39. The third-order valence-electron chi connectivity index (χ3n) is 7.66. The van der Waals surface area contributed by atoms with E-state index in [2.05, 4.69) is 65.1 Å². The number of aryl methyl sites for hydroxylation is 1. The predicted octanol–water partition coefficient (Wildman–Crippen LogP) is 3.45. The van der Waals surface area contributed by atoms with E-state index in [-0.39, 0.29) is 30.9 Å². The van der Waals surface area contributed by atoms with Crippen molar-refractivity contribution < 1.29 is 14.7 Å². The molecule has 4 aromatic rings. The molecule has 11 heteroatoms. The number of aromatic nitrogens is 3. The molecule has 10 nitrogen and oxygen atoms in total. The molecular weight excluding hydrogens is 600 g/mol. The maximum Gasteiger partial charge on any atom is 0.277 e. The standard InChI is InChI=1S/C35H44N6O4S/c1-23(2)20-30-28-22-41(35(46-19-9-18-42)32(28)34(45)40(3)39-30)21-25-14-13-24(26-11-6-7-12-27(25)26)10-5-4-8-17-38-33(44)29(36)15-16-31(37)43/h6-7,11-14,22-23,29,42H,4,8-9,15-21,36H2,1-3H3,(H2,37,43)(H,38,44)/t29-/m0/s1. The topological polar surface area (TPSA) is 158 Å². The Bertz CT molecular complexity index is 1820. The Hall–Kier alpha value is -4.11. The zero-order chi connectivity index (χ0) is 33.2. The molecule has 0 aliphatic carbocycles. The molecule has 2 aromatic carbocycles. The summed E-state index contributed by atoms with van der Waals surface area (Å²) >= 11 is 1.60. The monoisotopic (exact) mass is 644 g/mol. The molecule has 2 amide bonds. The van der Waals surface area contributed by atoms with E-state index >= 15 is 0 Å². The molecule has 0 radical (unpaired) electrons. The molecule has 6 N–H and O–H groups in total. The summed E-state index contributed by atoms with van der Waals surface area (Å²) in [6.07, 6.45) is 5.03. The number of hydrogen-bond acceptors (Lipinski definition) is 7. The summed E-state index contributed by atoms with van der Waals surface area (Å²) in [6, 6.07) is 11.6. The van der Waals surface area contributed by atoms with Gasteiger partial charge in [-0.2, -0.15) is 5.10 Å². The Morgan fingerprint density at radius 2 is 1.87 bits per heavy atom. The number of nitrogens with zero attached hydrogens (tertiary/aromatic N) is 3. The van der Waals surface area contributed by atoms with Crippen LogP contribution in [0.15, 0.2) is 52.4 Å². The first kappa shape index (κ1) is 34.8. The fourth-order valence-corrected chi connectivity index (χ4v) is 6.44. The van der Waals surface area contributed by atoms with Crippen molar-refractivity contribution in [1.82, 2.24) is 19.7 Å². The van der Waals surface area contributed by atoms with Crippen LogP contribution < -0.4 is 22.3 Å². The maximum absolute atomic E-state index is 13.4. The molecule has 0 saturated heterocycles. The van der Waals surface area contributed by atoms with Crippen LogP contribution >= 0.6 is 11.8 Å². The molecule has 1 atom stereocenters. The molecule has 2 heterocycles. The number of nitrogens with two attached hydrogens (primary N) is 2. The first-order valence-electron chi connectivity index (χ1n) is 15.7. The number of rotatable bonds is 15. The summed E-state index contributed by atoms with van der Waals surface area (Å²) in [5.41, 5.74) is 13.8. The lowest BCUT2D eigenvalue weighted by Gasteiger charge is -2.13. The smallest absolute Gasteiger partial charge is 0.277 e. The molecule has 0 bridgehead atoms. The SMILES string of the molecule is CC(C)Cc1nn(C)c(=O)c2c(SCCCO)n(Cc3ccc(C#CCCCNC(=O)[C@@H](N)CCC(N)=O)c4ccccc34)cc12. The van der Waals surface area contributed by atoms with Gasteiger partial charge in [0.05, 0.1) is 22.1 Å². The van der Waals surface area contributed by atoms with E-state index in [0.717, 1.165) is 44.4 Å². The van der Waals surface area contributed by atoms with E-state index in [0.29, 0.717) is 49.4 Å². The number of carbonyl (C=O) groups is 2. The number of unbranched alkanes of at least 4 members (excludes halogenated alkanes) is 1. The molecule has 0 aliphatic heterocycles. The number of aliphatic hydroxyl groups is 1. The van der Waals surface area contributed by atoms with Gasteiger partial charge in [-0.1, -0.05) is 56.0 Å². The number of carbonyl (C=O) groups excluding carboxylic acids is 2. The lowest BCUT2D eigenvalue weighted by Crippen LogP contribution is -2.41. The normalized spacial score (nSPS) is 12.0. The van der Waals surface area contributed by atoms with E-state index in [1.807, 2.05) is 18.2 Å². The fraction of sp³-hybridized carbons (Fsp3) is 0.429. The Kier molecular flexibility index (Phi) is 12.4. The number of aliphatic hydroxyl groups excluding tert-OH is 1. The first-order chi connectivity index (χ1) is 22.1. The molecular formula is C35H44N6O4S. The van der Waals surface area contributed by atoms with Gasteiger partial charge in [0.1, 0.15) is 0 Å². The van der Waals surface area contributed by atoms with E-state index in [4.69, 9.17) is 11.5 Å². The summed E-state index contributed by atoms with van der Waals surface area (Å²) in [5.74, 6) is 6.84. The second kappa shape index (κ2) is 16.5. The van der Waals surface area contributed by atoms with Crippen LogP contribution in [0.3, 0.4) is 0 Å². The van der Waals surface area contributed by atoms with Crippen molar-refractivity contribution in [2.24, 2.45) is 24.4 Å². The Balaban J connectivity index is 1.56. The molecule has 46 heavy (non-hydrogen) atoms. The highest BCUT2D eigenvalue weighted by Gasteiger charge is 2.20. The number of hydrogen-bond donors (Lipinski definition) is 4.